The predicted octanol–water partition coefficient (Wildman–Crippen LogP) is 0.115. The Morgan fingerprint density at radius 2 is 2.18 bits per heavy atom. The Kier molecular flexibility index (Phi) is 5.93. The normalized spacial score (nSPS) is 19.9. The van der Waals surface area contributed by atoms with Crippen LogP contribution in [0.15, 0.2) is 0 Å². The van der Waals surface area contributed by atoms with Crippen molar-refractivity contribution in [3.8, 4) is 0 Å². The highest BCUT2D eigenvalue weighted by atomic mass is 16.5. The number of hydrogen-bond acceptors (Lipinski definition) is 4. The summed E-state index contributed by atoms with van der Waals surface area (Å²) in [6.07, 6.45) is 3.27. The lowest BCUT2D eigenvalue weighted by atomic mass is 10.1. The van der Waals surface area contributed by atoms with Gasteiger partial charge in [-0.2, -0.15) is 0 Å². The van der Waals surface area contributed by atoms with Crippen LogP contribution in [0, 0.1) is 0 Å². The van der Waals surface area contributed by atoms with Crippen molar-refractivity contribution in [1.82, 2.24) is 4.90 Å². The fourth-order valence-corrected chi connectivity index (χ4v) is 1.69. The SMILES string of the molecule is CN(CC1CCCCO1)C(=O)COCC(=O)O. The molecule has 98 valence electrons. The molecule has 1 saturated heterocycles. The van der Waals surface area contributed by atoms with Crippen molar-refractivity contribution >= 4 is 11.9 Å². The molecule has 1 N–H and O–H groups in total. The molecule has 0 radical (unpaired) electrons. The molecule has 6 heteroatoms. The van der Waals surface area contributed by atoms with E-state index in [-0.39, 0.29) is 18.6 Å². The van der Waals surface area contributed by atoms with Crippen LogP contribution in [0.4, 0.5) is 0 Å². The minimum Gasteiger partial charge on any atom is -0.480 e. The number of hydrogen-bond donors (Lipinski definition) is 1. The summed E-state index contributed by atoms with van der Waals surface area (Å²) in [5.74, 6) is -1.29. The summed E-state index contributed by atoms with van der Waals surface area (Å²) in [6, 6.07) is 0. The van der Waals surface area contributed by atoms with Gasteiger partial charge in [0, 0.05) is 20.2 Å². The lowest BCUT2D eigenvalue weighted by molar-refractivity contribution is -0.146. The zero-order valence-electron chi connectivity index (χ0n) is 10.1. The molecule has 1 heterocycles. The van der Waals surface area contributed by atoms with Crippen LogP contribution in [-0.4, -0.2) is 61.4 Å². The number of carbonyl (C=O) groups excluding carboxylic acids is 1. The highest BCUT2D eigenvalue weighted by molar-refractivity contribution is 5.77. The van der Waals surface area contributed by atoms with Crippen LogP contribution in [0.2, 0.25) is 0 Å². The van der Waals surface area contributed by atoms with Gasteiger partial charge in [0.15, 0.2) is 0 Å². The Bertz CT molecular complexity index is 263. The van der Waals surface area contributed by atoms with Gasteiger partial charge in [-0.25, -0.2) is 4.79 Å². The molecule has 0 aromatic carbocycles. The van der Waals surface area contributed by atoms with Crippen LogP contribution < -0.4 is 0 Å². The molecule has 1 aliphatic heterocycles. The smallest absolute Gasteiger partial charge is 0.329 e. The Labute approximate surface area is 100 Å². The molecule has 1 atom stereocenters. The fourth-order valence-electron chi connectivity index (χ4n) is 1.69. The van der Waals surface area contributed by atoms with E-state index in [1.165, 1.54) is 4.90 Å². The molecule has 17 heavy (non-hydrogen) atoms. The number of amides is 1. The third kappa shape index (κ3) is 5.65. The van der Waals surface area contributed by atoms with Crippen molar-refractivity contribution in [3.05, 3.63) is 0 Å². The first-order valence-electron chi connectivity index (χ1n) is 5.74. The summed E-state index contributed by atoms with van der Waals surface area (Å²) >= 11 is 0. The van der Waals surface area contributed by atoms with Gasteiger partial charge in [0.1, 0.15) is 13.2 Å². The first-order valence-corrected chi connectivity index (χ1v) is 5.74. The van der Waals surface area contributed by atoms with Gasteiger partial charge in [0.05, 0.1) is 6.10 Å². The van der Waals surface area contributed by atoms with Crippen molar-refractivity contribution < 1.29 is 24.2 Å². The third-order valence-electron chi connectivity index (χ3n) is 2.63. The third-order valence-corrected chi connectivity index (χ3v) is 2.63. The molecule has 1 aliphatic rings. The van der Waals surface area contributed by atoms with Gasteiger partial charge in [-0.1, -0.05) is 0 Å². The lowest BCUT2D eigenvalue weighted by Gasteiger charge is -2.27. The maximum Gasteiger partial charge on any atom is 0.329 e. The van der Waals surface area contributed by atoms with E-state index in [2.05, 4.69) is 0 Å². The number of carboxylic acid groups (broad SMARTS) is 1. The largest absolute Gasteiger partial charge is 0.480 e. The molecular weight excluding hydrogens is 226 g/mol. The van der Waals surface area contributed by atoms with Gasteiger partial charge in [0.25, 0.3) is 0 Å². The van der Waals surface area contributed by atoms with E-state index >= 15 is 0 Å². The van der Waals surface area contributed by atoms with Gasteiger partial charge < -0.3 is 19.5 Å². The summed E-state index contributed by atoms with van der Waals surface area (Å²) in [6.45, 7) is 0.645. The summed E-state index contributed by atoms with van der Waals surface area (Å²) < 4.78 is 10.2. The second-order valence-corrected chi connectivity index (χ2v) is 4.15. The quantitative estimate of drug-likeness (QED) is 0.719. The molecule has 6 nitrogen and oxygen atoms in total. The summed E-state index contributed by atoms with van der Waals surface area (Å²) in [5.41, 5.74) is 0. The molecule has 1 amide bonds. The van der Waals surface area contributed by atoms with Crippen LogP contribution in [0.5, 0.6) is 0 Å². The van der Waals surface area contributed by atoms with Gasteiger partial charge in [-0.3, -0.25) is 4.79 Å². The average molecular weight is 245 g/mol. The lowest BCUT2D eigenvalue weighted by Crippen LogP contribution is -2.39. The zero-order chi connectivity index (χ0) is 12.7. The summed E-state index contributed by atoms with van der Waals surface area (Å²) in [4.78, 5) is 23.3. The minimum absolute atomic E-state index is 0.0946. The molecule has 0 aromatic rings. The van der Waals surface area contributed by atoms with Crippen molar-refractivity contribution in [3.63, 3.8) is 0 Å². The first-order chi connectivity index (χ1) is 8.09. The molecule has 0 aromatic heterocycles. The number of ether oxygens (including phenoxy) is 2. The van der Waals surface area contributed by atoms with Crippen molar-refractivity contribution in [2.24, 2.45) is 0 Å². The van der Waals surface area contributed by atoms with Crippen LogP contribution in [0.1, 0.15) is 19.3 Å². The van der Waals surface area contributed by atoms with Crippen molar-refractivity contribution in [2.75, 3.05) is 33.4 Å². The highest BCUT2D eigenvalue weighted by Crippen LogP contribution is 2.13. The summed E-state index contributed by atoms with van der Waals surface area (Å²) in [5, 5.41) is 8.36. The van der Waals surface area contributed by atoms with E-state index in [1.807, 2.05) is 0 Å². The maximum atomic E-state index is 11.6. The van der Waals surface area contributed by atoms with Gasteiger partial charge in [-0.15, -0.1) is 0 Å². The Morgan fingerprint density at radius 1 is 1.41 bits per heavy atom. The zero-order valence-corrected chi connectivity index (χ0v) is 10.1. The summed E-state index contributed by atoms with van der Waals surface area (Å²) in [7, 11) is 1.67. The predicted molar refractivity (Wildman–Crippen MR) is 59.7 cm³/mol. The Balaban J connectivity index is 2.18. The van der Waals surface area contributed by atoms with Crippen molar-refractivity contribution in [2.45, 2.75) is 25.4 Å². The van der Waals surface area contributed by atoms with Crippen LogP contribution in [-0.2, 0) is 19.1 Å². The minimum atomic E-state index is -1.07. The van der Waals surface area contributed by atoms with Crippen LogP contribution in [0.3, 0.4) is 0 Å². The molecular formula is C11H19NO5. The number of aliphatic carboxylic acids is 1. The standard InChI is InChI=1S/C11H19NO5/c1-12(6-9-4-2-3-5-17-9)10(13)7-16-8-11(14)15/h9H,2-8H2,1H3,(H,14,15). The molecule has 1 unspecified atom stereocenters. The second kappa shape index (κ2) is 7.24. The first kappa shape index (κ1) is 13.9. The van der Waals surface area contributed by atoms with Crippen LogP contribution >= 0.6 is 0 Å². The fraction of sp³-hybridized carbons (Fsp3) is 0.818. The topological polar surface area (TPSA) is 76.1 Å². The second-order valence-electron chi connectivity index (χ2n) is 4.15. The molecule has 0 bridgehead atoms. The Morgan fingerprint density at radius 3 is 2.76 bits per heavy atom. The van der Waals surface area contributed by atoms with Crippen molar-refractivity contribution in [1.29, 1.82) is 0 Å². The molecule has 0 saturated carbocycles. The van der Waals surface area contributed by atoms with Gasteiger partial charge in [0.2, 0.25) is 5.91 Å². The average Bonchev–Trinajstić information content (AvgIpc) is 2.29. The molecule has 0 aliphatic carbocycles. The van der Waals surface area contributed by atoms with Gasteiger partial charge in [-0.05, 0) is 19.3 Å². The number of carbonyl (C=O) groups is 2. The van der Waals surface area contributed by atoms with E-state index in [9.17, 15) is 9.59 Å². The number of likely N-dealkylation sites (N-methyl/N-ethyl adjacent to an activating group) is 1. The van der Waals surface area contributed by atoms with E-state index in [4.69, 9.17) is 14.6 Å². The molecule has 1 rings (SSSR count). The van der Waals surface area contributed by atoms with E-state index < -0.39 is 12.6 Å². The van der Waals surface area contributed by atoms with E-state index in [0.717, 1.165) is 25.9 Å². The van der Waals surface area contributed by atoms with E-state index in [0.29, 0.717) is 6.54 Å². The van der Waals surface area contributed by atoms with Gasteiger partial charge >= 0.3 is 5.97 Å². The highest BCUT2D eigenvalue weighted by Gasteiger charge is 2.18. The monoisotopic (exact) mass is 245 g/mol. The number of rotatable bonds is 6. The number of nitrogens with zero attached hydrogens (tertiary/aromatic N) is 1. The number of carboxylic acids is 1. The maximum absolute atomic E-state index is 11.6. The van der Waals surface area contributed by atoms with Crippen LogP contribution in [0.25, 0.3) is 0 Å². The molecule has 0 spiro atoms. The molecule has 1 fully saturated rings. The Hall–Kier alpha value is -1.14. The van der Waals surface area contributed by atoms with E-state index in [1.54, 1.807) is 7.05 Å².